The number of hydrogen-bond acceptors (Lipinski definition) is 4. The summed E-state index contributed by atoms with van der Waals surface area (Å²) >= 11 is 0. The van der Waals surface area contributed by atoms with E-state index < -0.39 is 22.5 Å². The topological polar surface area (TPSA) is 76.3 Å². The van der Waals surface area contributed by atoms with E-state index >= 15 is 0 Å². The van der Waals surface area contributed by atoms with E-state index in [1.807, 2.05) is 0 Å². The lowest BCUT2D eigenvalue weighted by Crippen LogP contribution is -2.23. The van der Waals surface area contributed by atoms with E-state index in [9.17, 15) is 19.3 Å². The van der Waals surface area contributed by atoms with Crippen molar-refractivity contribution in [3.05, 3.63) is 33.9 Å². The van der Waals surface area contributed by atoms with Gasteiger partial charge in [-0.05, 0) is 6.07 Å². The number of carbonyl (C=O) groups is 1. The molecule has 0 fully saturated rings. The highest BCUT2D eigenvalue weighted by atomic mass is 19.1. The van der Waals surface area contributed by atoms with Gasteiger partial charge in [0.2, 0.25) is 0 Å². The van der Waals surface area contributed by atoms with Crippen molar-refractivity contribution in [1.82, 2.24) is 9.88 Å². The average molecular weight is 213 g/mol. The van der Waals surface area contributed by atoms with E-state index in [0.717, 1.165) is 12.1 Å². The van der Waals surface area contributed by atoms with Crippen molar-refractivity contribution in [2.24, 2.45) is 0 Å². The molecule has 1 rings (SSSR count). The van der Waals surface area contributed by atoms with Crippen molar-refractivity contribution in [3.63, 3.8) is 0 Å². The number of carbonyl (C=O) groups excluding carboxylic acids is 1. The van der Waals surface area contributed by atoms with E-state index in [1.54, 1.807) is 0 Å². The first-order valence-electron chi connectivity index (χ1n) is 3.96. The molecule has 0 N–H and O–H groups in total. The summed E-state index contributed by atoms with van der Waals surface area (Å²) in [6.45, 7) is 0. The third-order valence-electron chi connectivity index (χ3n) is 1.65. The molecule has 0 unspecified atom stereocenters. The summed E-state index contributed by atoms with van der Waals surface area (Å²) < 4.78 is 13.0. The number of nitro groups is 1. The summed E-state index contributed by atoms with van der Waals surface area (Å²) in [5, 5.41) is 10.3. The van der Waals surface area contributed by atoms with Crippen LogP contribution in [0.4, 0.5) is 10.1 Å². The van der Waals surface area contributed by atoms with Crippen molar-refractivity contribution in [2.75, 3.05) is 14.1 Å². The van der Waals surface area contributed by atoms with Crippen LogP contribution in [0, 0.1) is 16.1 Å². The van der Waals surface area contributed by atoms with Crippen LogP contribution in [0.15, 0.2) is 12.1 Å². The molecule has 0 saturated carbocycles. The van der Waals surface area contributed by atoms with Gasteiger partial charge in [-0.25, -0.2) is 4.98 Å². The number of hydrogen-bond donors (Lipinski definition) is 0. The Morgan fingerprint density at radius 3 is 2.53 bits per heavy atom. The molecule has 15 heavy (non-hydrogen) atoms. The van der Waals surface area contributed by atoms with Crippen molar-refractivity contribution in [1.29, 1.82) is 0 Å². The molecule has 1 aromatic heterocycles. The summed E-state index contributed by atoms with van der Waals surface area (Å²) in [7, 11) is 2.95. The van der Waals surface area contributed by atoms with Crippen LogP contribution in [0.5, 0.6) is 0 Å². The Labute approximate surface area is 84.5 Å². The van der Waals surface area contributed by atoms with Crippen molar-refractivity contribution >= 4 is 11.6 Å². The van der Waals surface area contributed by atoms with E-state index in [-0.39, 0.29) is 5.69 Å². The molecule has 1 amide bonds. The van der Waals surface area contributed by atoms with Gasteiger partial charge in [0.15, 0.2) is 0 Å². The predicted molar refractivity (Wildman–Crippen MR) is 48.9 cm³/mol. The Morgan fingerprint density at radius 1 is 1.53 bits per heavy atom. The maximum atomic E-state index is 13.0. The van der Waals surface area contributed by atoms with E-state index in [0.29, 0.717) is 0 Å². The minimum absolute atomic E-state index is 0.164. The van der Waals surface area contributed by atoms with Crippen molar-refractivity contribution < 1.29 is 14.1 Å². The zero-order valence-electron chi connectivity index (χ0n) is 8.10. The molecule has 0 aliphatic carbocycles. The first-order chi connectivity index (χ1) is 6.93. The normalized spacial score (nSPS) is 9.80. The molecule has 1 heterocycles. The second kappa shape index (κ2) is 3.99. The Hall–Kier alpha value is -2.05. The fraction of sp³-hybridized carbons (Fsp3) is 0.250. The van der Waals surface area contributed by atoms with Crippen LogP contribution in [0.1, 0.15) is 10.5 Å². The van der Waals surface area contributed by atoms with E-state index in [1.165, 1.54) is 19.0 Å². The minimum Gasteiger partial charge on any atom is -0.343 e. The van der Waals surface area contributed by atoms with Crippen LogP contribution in [-0.4, -0.2) is 34.8 Å². The SMILES string of the molecule is CN(C)C(=O)c1ccc([N+](=O)[O-])c(F)n1. The lowest BCUT2D eigenvalue weighted by atomic mass is 10.3. The smallest absolute Gasteiger partial charge is 0.324 e. The number of nitrogens with zero attached hydrogens (tertiary/aromatic N) is 3. The Morgan fingerprint density at radius 2 is 2.13 bits per heavy atom. The number of aromatic nitrogens is 1. The van der Waals surface area contributed by atoms with Gasteiger partial charge in [0.05, 0.1) is 4.92 Å². The van der Waals surface area contributed by atoms with Gasteiger partial charge in [0, 0.05) is 20.2 Å². The third kappa shape index (κ3) is 2.25. The zero-order valence-corrected chi connectivity index (χ0v) is 8.10. The molecule has 0 spiro atoms. The quantitative estimate of drug-likeness (QED) is 0.414. The van der Waals surface area contributed by atoms with Gasteiger partial charge in [-0.2, -0.15) is 4.39 Å². The highest BCUT2D eigenvalue weighted by Gasteiger charge is 2.19. The molecule has 0 aromatic carbocycles. The summed E-state index contributed by atoms with van der Waals surface area (Å²) in [6.07, 6.45) is 0. The largest absolute Gasteiger partial charge is 0.343 e. The summed E-state index contributed by atoms with van der Waals surface area (Å²) in [6, 6.07) is 2.03. The molecule has 0 atom stereocenters. The summed E-state index contributed by atoms with van der Waals surface area (Å²) in [5.41, 5.74) is -0.909. The van der Waals surface area contributed by atoms with Crippen molar-refractivity contribution in [2.45, 2.75) is 0 Å². The number of halogens is 1. The average Bonchev–Trinajstić information content (AvgIpc) is 2.15. The summed E-state index contributed by atoms with van der Waals surface area (Å²) in [5.74, 6) is -1.77. The third-order valence-corrected chi connectivity index (χ3v) is 1.65. The highest BCUT2D eigenvalue weighted by molar-refractivity contribution is 5.92. The van der Waals surface area contributed by atoms with Crippen molar-refractivity contribution in [3.8, 4) is 0 Å². The lowest BCUT2D eigenvalue weighted by Gasteiger charge is -2.08. The van der Waals surface area contributed by atoms with Crippen LogP contribution in [0.2, 0.25) is 0 Å². The number of rotatable bonds is 2. The van der Waals surface area contributed by atoms with Gasteiger partial charge in [0.1, 0.15) is 5.69 Å². The maximum Gasteiger partial charge on any atom is 0.324 e. The van der Waals surface area contributed by atoms with E-state index in [4.69, 9.17) is 0 Å². The molecule has 7 heteroatoms. The molecule has 0 bridgehead atoms. The predicted octanol–water partition coefficient (Wildman–Crippen LogP) is 0.831. The molecule has 0 aliphatic rings. The van der Waals surface area contributed by atoms with Crippen LogP contribution in [0.25, 0.3) is 0 Å². The second-order valence-corrected chi connectivity index (χ2v) is 2.96. The molecular formula is C8H8FN3O3. The van der Waals surface area contributed by atoms with Crippen LogP contribution < -0.4 is 0 Å². The van der Waals surface area contributed by atoms with Gasteiger partial charge < -0.3 is 4.90 Å². The lowest BCUT2D eigenvalue weighted by molar-refractivity contribution is -0.388. The van der Waals surface area contributed by atoms with Gasteiger partial charge in [-0.3, -0.25) is 14.9 Å². The van der Waals surface area contributed by atoms with Gasteiger partial charge in [0.25, 0.3) is 11.9 Å². The zero-order chi connectivity index (χ0) is 11.6. The fourth-order valence-electron chi connectivity index (χ4n) is 0.911. The molecule has 1 aromatic rings. The minimum atomic E-state index is -1.26. The number of amides is 1. The summed E-state index contributed by atoms with van der Waals surface area (Å²) in [4.78, 5) is 25.1. The molecule has 0 radical (unpaired) electrons. The molecule has 80 valence electrons. The highest BCUT2D eigenvalue weighted by Crippen LogP contribution is 2.15. The Kier molecular flexibility index (Phi) is 2.93. The molecule has 6 nitrogen and oxygen atoms in total. The maximum absolute atomic E-state index is 13.0. The second-order valence-electron chi connectivity index (χ2n) is 2.96. The van der Waals surface area contributed by atoms with Crippen LogP contribution in [0.3, 0.4) is 0 Å². The first kappa shape index (κ1) is 11.0. The standard InChI is InChI=1S/C8H8FN3O3/c1-11(2)8(13)5-3-4-6(12(14)15)7(9)10-5/h3-4H,1-2H3. The van der Waals surface area contributed by atoms with Gasteiger partial charge in [-0.1, -0.05) is 0 Å². The molecule has 0 saturated heterocycles. The Balaban J connectivity index is 3.12. The molecular weight excluding hydrogens is 205 g/mol. The Bertz CT molecular complexity index is 420. The van der Waals surface area contributed by atoms with Gasteiger partial charge in [-0.15, -0.1) is 0 Å². The van der Waals surface area contributed by atoms with E-state index in [2.05, 4.69) is 4.98 Å². The molecule has 0 aliphatic heterocycles. The monoisotopic (exact) mass is 213 g/mol. The number of pyridine rings is 1. The van der Waals surface area contributed by atoms with Gasteiger partial charge >= 0.3 is 5.69 Å². The van der Waals surface area contributed by atoms with Crippen LogP contribution in [-0.2, 0) is 0 Å². The fourth-order valence-corrected chi connectivity index (χ4v) is 0.911. The van der Waals surface area contributed by atoms with Crippen LogP contribution >= 0.6 is 0 Å². The first-order valence-corrected chi connectivity index (χ1v) is 3.96.